The number of amides is 2. The second-order valence-electron chi connectivity index (χ2n) is 7.10. The Hall–Kier alpha value is -2.79. The van der Waals surface area contributed by atoms with Gasteiger partial charge in [0.15, 0.2) is 0 Å². The molecule has 0 bridgehead atoms. The van der Waals surface area contributed by atoms with E-state index in [0.717, 1.165) is 31.3 Å². The monoisotopic (exact) mass is 489 g/mol. The number of thiophene rings is 1. The number of halogens is 4. The van der Waals surface area contributed by atoms with Gasteiger partial charge in [0.2, 0.25) is 0 Å². The number of rotatable bonds is 6. The number of benzene rings is 1. The average molecular weight is 490 g/mol. The summed E-state index contributed by atoms with van der Waals surface area (Å²) in [4.78, 5) is 37.9. The molecule has 4 N–H and O–H groups in total. The third-order valence-electron chi connectivity index (χ3n) is 5.04. The lowest BCUT2D eigenvalue weighted by molar-refractivity contribution is -0.203. The molecule has 1 aliphatic rings. The lowest BCUT2D eigenvalue weighted by Gasteiger charge is -2.34. The number of primary amides is 1. The normalized spacial score (nSPS) is 15.3. The van der Waals surface area contributed by atoms with Gasteiger partial charge in [-0.1, -0.05) is 11.6 Å². The van der Waals surface area contributed by atoms with Crippen LogP contribution in [0, 0.1) is 0 Å². The first-order valence-corrected chi connectivity index (χ1v) is 10.7. The zero-order valence-corrected chi connectivity index (χ0v) is 18.3. The predicted molar refractivity (Wildman–Crippen MR) is 113 cm³/mol. The first kappa shape index (κ1) is 23.9. The molecular formula is C20H19ClF3N3O4S. The number of anilines is 1. The number of carbonyl (C=O) groups is 3. The highest BCUT2D eigenvalue weighted by atomic mass is 35.5. The Morgan fingerprint density at radius 1 is 1.12 bits per heavy atom. The molecule has 1 aliphatic carbocycles. The molecule has 0 fully saturated rings. The van der Waals surface area contributed by atoms with Crippen molar-refractivity contribution in [3.05, 3.63) is 50.9 Å². The third-order valence-corrected chi connectivity index (χ3v) is 6.50. The van der Waals surface area contributed by atoms with Crippen LogP contribution in [0.2, 0.25) is 5.02 Å². The molecule has 12 heteroatoms. The smallest absolute Gasteiger partial charge is 0.441 e. The van der Waals surface area contributed by atoms with Crippen LogP contribution < -0.4 is 16.4 Å². The van der Waals surface area contributed by atoms with Gasteiger partial charge in [-0.05, 0) is 55.5 Å². The minimum absolute atomic E-state index is 0.122. The van der Waals surface area contributed by atoms with Crippen LogP contribution in [0.25, 0.3) is 0 Å². The van der Waals surface area contributed by atoms with Gasteiger partial charge in [-0.3, -0.25) is 9.59 Å². The number of fused-ring (bicyclic) bond motifs is 1. The summed E-state index contributed by atoms with van der Waals surface area (Å²) in [5, 5.41) is 3.78. The van der Waals surface area contributed by atoms with Gasteiger partial charge < -0.3 is 21.1 Å². The number of alkyl halides is 3. The van der Waals surface area contributed by atoms with Gasteiger partial charge in [-0.2, -0.15) is 13.2 Å². The third kappa shape index (κ3) is 4.40. The van der Waals surface area contributed by atoms with Gasteiger partial charge in [-0.25, -0.2) is 4.79 Å². The Morgan fingerprint density at radius 3 is 2.31 bits per heavy atom. The molecule has 1 aromatic heterocycles. The lowest BCUT2D eigenvalue weighted by atomic mass is 9.95. The van der Waals surface area contributed by atoms with Crippen LogP contribution in [0.4, 0.5) is 18.2 Å². The van der Waals surface area contributed by atoms with E-state index in [0.29, 0.717) is 23.3 Å². The van der Waals surface area contributed by atoms with Crippen molar-refractivity contribution in [1.82, 2.24) is 5.32 Å². The number of nitrogens with one attached hydrogen (secondary N) is 2. The van der Waals surface area contributed by atoms with Crippen LogP contribution in [0.5, 0.6) is 0 Å². The van der Waals surface area contributed by atoms with E-state index in [4.69, 9.17) is 17.3 Å². The fourth-order valence-corrected chi connectivity index (χ4v) is 4.95. The highest BCUT2D eigenvalue weighted by molar-refractivity contribution is 7.16. The highest BCUT2D eigenvalue weighted by Crippen LogP contribution is 2.42. The average Bonchev–Trinajstić information content (AvgIpc) is 3.10. The van der Waals surface area contributed by atoms with Gasteiger partial charge in [0.1, 0.15) is 5.00 Å². The van der Waals surface area contributed by atoms with Crippen LogP contribution in [-0.2, 0) is 22.4 Å². The second-order valence-corrected chi connectivity index (χ2v) is 8.65. The van der Waals surface area contributed by atoms with Crippen LogP contribution in [0.3, 0.4) is 0 Å². The van der Waals surface area contributed by atoms with Crippen LogP contribution in [-0.4, -0.2) is 36.7 Å². The molecular weight excluding hydrogens is 471 g/mol. The van der Waals surface area contributed by atoms with Crippen molar-refractivity contribution >= 4 is 45.7 Å². The van der Waals surface area contributed by atoms with Crippen LogP contribution in [0.15, 0.2) is 24.3 Å². The summed E-state index contributed by atoms with van der Waals surface area (Å²) in [6.45, 7) is 0. The Kier molecular flexibility index (Phi) is 6.70. The second kappa shape index (κ2) is 8.99. The van der Waals surface area contributed by atoms with Crippen LogP contribution >= 0.6 is 22.9 Å². The molecule has 1 atom stereocenters. The summed E-state index contributed by atoms with van der Waals surface area (Å²) in [7, 11) is 0.757. The molecule has 2 amide bonds. The van der Waals surface area contributed by atoms with Gasteiger partial charge >= 0.3 is 17.8 Å². The maximum atomic E-state index is 14.3. The van der Waals surface area contributed by atoms with Gasteiger partial charge in [0, 0.05) is 15.5 Å². The van der Waals surface area contributed by atoms with Crippen molar-refractivity contribution in [3.63, 3.8) is 0 Å². The van der Waals surface area contributed by atoms with Crippen molar-refractivity contribution in [2.45, 2.75) is 37.5 Å². The van der Waals surface area contributed by atoms with E-state index >= 15 is 0 Å². The van der Waals surface area contributed by atoms with E-state index < -0.39 is 29.6 Å². The molecule has 0 unspecified atom stereocenters. The van der Waals surface area contributed by atoms with E-state index in [1.165, 1.54) is 24.3 Å². The van der Waals surface area contributed by atoms with Crippen molar-refractivity contribution in [1.29, 1.82) is 0 Å². The SMILES string of the molecule is COC(=O)[C@](NC(=O)c1ccc(Cl)cc1)(Nc1sc2c(c1C(N)=O)CCCC2)C(F)(F)F. The van der Waals surface area contributed by atoms with Crippen molar-refractivity contribution < 1.29 is 32.3 Å². The van der Waals surface area contributed by atoms with Gasteiger partial charge in [0.05, 0.1) is 12.7 Å². The van der Waals surface area contributed by atoms with Crippen molar-refractivity contribution in [2.75, 3.05) is 12.4 Å². The maximum absolute atomic E-state index is 14.3. The number of methoxy groups -OCH3 is 1. The molecule has 172 valence electrons. The fraction of sp³-hybridized carbons (Fsp3) is 0.350. The lowest BCUT2D eigenvalue weighted by Crippen LogP contribution is -2.69. The molecule has 7 nitrogen and oxygen atoms in total. The summed E-state index contributed by atoms with van der Waals surface area (Å²) < 4.78 is 47.4. The molecule has 1 heterocycles. The number of aryl methyl sites for hydroxylation is 1. The number of hydrogen-bond acceptors (Lipinski definition) is 6. The molecule has 32 heavy (non-hydrogen) atoms. The summed E-state index contributed by atoms with van der Waals surface area (Å²) in [6.07, 6.45) is -2.75. The number of hydrogen-bond donors (Lipinski definition) is 3. The number of carbonyl (C=O) groups excluding carboxylic acids is 3. The standard InChI is InChI=1S/C20H19ClF3N3O4S/c1-31-18(30)19(20(22,23)24,26-16(29)10-6-8-11(21)9-7-10)27-17-14(15(25)28)12-4-2-3-5-13(12)32-17/h6-9,27H,2-5H2,1H3,(H2,25,28)(H,26,29)/t19-/m0/s1. The minimum Gasteiger partial charge on any atom is -0.466 e. The Bertz CT molecular complexity index is 1060. The molecule has 0 spiro atoms. The Morgan fingerprint density at radius 2 is 1.75 bits per heavy atom. The first-order chi connectivity index (χ1) is 15.0. The molecule has 3 rings (SSSR count). The molecule has 2 aromatic rings. The number of ether oxygens (including phenoxy) is 1. The molecule has 0 radical (unpaired) electrons. The van der Waals surface area contributed by atoms with E-state index in [1.807, 2.05) is 0 Å². The molecule has 0 saturated heterocycles. The van der Waals surface area contributed by atoms with Gasteiger partial charge in [0.25, 0.3) is 11.8 Å². The number of esters is 1. The first-order valence-electron chi connectivity index (χ1n) is 9.46. The maximum Gasteiger partial charge on any atom is 0.441 e. The highest BCUT2D eigenvalue weighted by Gasteiger charge is 2.64. The summed E-state index contributed by atoms with van der Waals surface area (Å²) in [6, 6.07) is 5.04. The van der Waals surface area contributed by atoms with Crippen molar-refractivity contribution in [2.24, 2.45) is 5.73 Å². The Balaban J connectivity index is 2.10. The van der Waals surface area contributed by atoms with Crippen LogP contribution in [0.1, 0.15) is 44.0 Å². The summed E-state index contributed by atoms with van der Waals surface area (Å²) in [5.41, 5.74) is 2.05. The van der Waals surface area contributed by atoms with E-state index in [1.54, 1.807) is 5.32 Å². The summed E-state index contributed by atoms with van der Waals surface area (Å²) >= 11 is 6.66. The van der Waals surface area contributed by atoms with E-state index in [2.05, 4.69) is 10.1 Å². The predicted octanol–water partition coefficient (Wildman–Crippen LogP) is 3.65. The Labute approximate surface area is 190 Å². The molecule has 1 aromatic carbocycles. The summed E-state index contributed by atoms with van der Waals surface area (Å²) in [5.74, 6) is -3.95. The largest absolute Gasteiger partial charge is 0.466 e. The zero-order chi connectivity index (χ0) is 23.7. The quantitative estimate of drug-likeness (QED) is 0.424. The fourth-order valence-electron chi connectivity index (χ4n) is 3.47. The van der Waals surface area contributed by atoms with Crippen molar-refractivity contribution in [3.8, 4) is 0 Å². The zero-order valence-electron chi connectivity index (χ0n) is 16.8. The van der Waals surface area contributed by atoms with E-state index in [9.17, 15) is 27.6 Å². The molecule has 0 aliphatic heterocycles. The van der Waals surface area contributed by atoms with E-state index in [-0.39, 0.29) is 21.2 Å². The molecule has 0 saturated carbocycles. The van der Waals surface area contributed by atoms with Gasteiger partial charge in [-0.15, -0.1) is 11.3 Å². The topological polar surface area (TPSA) is 111 Å². The minimum atomic E-state index is -5.35. The number of nitrogens with two attached hydrogens (primary N) is 1.